The van der Waals surface area contributed by atoms with Crippen LogP contribution in [-0.2, 0) is 9.53 Å². The molecule has 1 aliphatic heterocycles. The number of hydrogen-bond donors (Lipinski definition) is 2. The highest BCUT2D eigenvalue weighted by Gasteiger charge is 2.33. The first-order chi connectivity index (χ1) is 12.1. The molecule has 1 fully saturated rings. The fourth-order valence-electron chi connectivity index (χ4n) is 3.02. The second-order valence-corrected chi connectivity index (χ2v) is 6.35. The van der Waals surface area contributed by atoms with E-state index in [4.69, 9.17) is 21.4 Å². The van der Waals surface area contributed by atoms with Gasteiger partial charge in [-0.05, 0) is 36.6 Å². The van der Waals surface area contributed by atoms with E-state index in [1.807, 2.05) is 30.3 Å². The molecular weight excluding hydrogens is 342 g/mol. The molecule has 0 aliphatic carbocycles. The molecule has 1 heterocycles. The zero-order valence-electron chi connectivity index (χ0n) is 13.4. The number of halogens is 1. The van der Waals surface area contributed by atoms with Crippen LogP contribution in [0, 0.1) is 5.92 Å². The van der Waals surface area contributed by atoms with E-state index in [-0.39, 0.29) is 28.5 Å². The normalized spacial score (nSPS) is 20.0. The van der Waals surface area contributed by atoms with Crippen molar-refractivity contribution in [2.45, 2.75) is 18.9 Å². The Bertz CT molecular complexity index is 778. The van der Waals surface area contributed by atoms with Gasteiger partial charge in [-0.1, -0.05) is 41.9 Å². The molecule has 130 valence electrons. The minimum absolute atomic E-state index is 0.00262. The third-order valence-corrected chi connectivity index (χ3v) is 4.57. The topological polar surface area (TPSA) is 75.6 Å². The van der Waals surface area contributed by atoms with Crippen LogP contribution in [0.3, 0.4) is 0 Å². The number of rotatable bonds is 4. The predicted molar refractivity (Wildman–Crippen MR) is 94.9 cm³/mol. The van der Waals surface area contributed by atoms with Crippen molar-refractivity contribution in [1.82, 2.24) is 0 Å². The average Bonchev–Trinajstić information content (AvgIpc) is 2.62. The summed E-state index contributed by atoms with van der Waals surface area (Å²) >= 11 is 5.96. The van der Waals surface area contributed by atoms with Crippen LogP contribution in [0.2, 0.25) is 5.02 Å². The third kappa shape index (κ3) is 4.00. The molecule has 2 atom stereocenters. The van der Waals surface area contributed by atoms with Crippen LogP contribution in [0.1, 0.15) is 34.9 Å². The van der Waals surface area contributed by atoms with Gasteiger partial charge >= 0.3 is 5.97 Å². The fraction of sp³-hybridized carbons (Fsp3) is 0.263. The van der Waals surface area contributed by atoms with Gasteiger partial charge in [-0.2, -0.15) is 0 Å². The number of benzene rings is 2. The predicted octanol–water partition coefficient (Wildman–Crippen LogP) is 4.14. The molecule has 3 rings (SSSR count). The number of carbonyl (C=O) groups is 2. The van der Waals surface area contributed by atoms with Gasteiger partial charge in [0.25, 0.3) is 0 Å². The number of carbonyl (C=O) groups excluding carboxylic acids is 1. The van der Waals surface area contributed by atoms with Crippen molar-refractivity contribution in [1.29, 1.82) is 0 Å². The minimum Gasteiger partial charge on any atom is -0.478 e. The number of nitrogens with one attached hydrogen (secondary N) is 1. The smallest absolute Gasteiger partial charge is 0.337 e. The zero-order valence-corrected chi connectivity index (χ0v) is 14.2. The van der Waals surface area contributed by atoms with Crippen LogP contribution in [0.25, 0.3) is 0 Å². The Hall–Kier alpha value is -2.37. The highest BCUT2D eigenvalue weighted by Crippen LogP contribution is 2.34. The maximum absolute atomic E-state index is 12.7. The molecule has 2 unspecified atom stereocenters. The molecule has 0 radical (unpaired) electrons. The quantitative estimate of drug-likeness (QED) is 0.860. The Morgan fingerprint density at radius 3 is 2.60 bits per heavy atom. The van der Waals surface area contributed by atoms with E-state index in [2.05, 4.69) is 5.32 Å². The molecule has 1 aliphatic rings. The molecule has 2 aromatic carbocycles. The van der Waals surface area contributed by atoms with Crippen molar-refractivity contribution in [3.05, 3.63) is 64.7 Å². The first-order valence-corrected chi connectivity index (χ1v) is 8.44. The van der Waals surface area contributed by atoms with E-state index < -0.39 is 5.97 Å². The van der Waals surface area contributed by atoms with Gasteiger partial charge in [-0.3, -0.25) is 4.79 Å². The van der Waals surface area contributed by atoms with Gasteiger partial charge in [0.1, 0.15) is 0 Å². The first kappa shape index (κ1) is 17.5. The number of ether oxygens (including phenoxy) is 1. The van der Waals surface area contributed by atoms with Crippen molar-refractivity contribution in [2.75, 3.05) is 11.9 Å². The molecule has 0 saturated carbocycles. The number of hydrogen-bond acceptors (Lipinski definition) is 3. The van der Waals surface area contributed by atoms with Gasteiger partial charge in [0, 0.05) is 12.3 Å². The van der Waals surface area contributed by atoms with Crippen LogP contribution < -0.4 is 5.32 Å². The van der Waals surface area contributed by atoms with Crippen molar-refractivity contribution in [3.63, 3.8) is 0 Å². The van der Waals surface area contributed by atoms with Gasteiger partial charge in [0.05, 0.1) is 22.6 Å². The molecule has 2 aromatic rings. The van der Waals surface area contributed by atoms with Crippen LogP contribution in [-0.4, -0.2) is 23.6 Å². The average molecular weight is 360 g/mol. The summed E-state index contributed by atoms with van der Waals surface area (Å²) in [7, 11) is 0. The Morgan fingerprint density at radius 1 is 1.16 bits per heavy atom. The summed E-state index contributed by atoms with van der Waals surface area (Å²) in [5.74, 6) is -1.57. The summed E-state index contributed by atoms with van der Waals surface area (Å²) in [6, 6.07) is 14.0. The highest BCUT2D eigenvalue weighted by atomic mass is 35.5. The molecule has 0 bridgehead atoms. The maximum Gasteiger partial charge on any atom is 0.337 e. The summed E-state index contributed by atoms with van der Waals surface area (Å²) in [4.78, 5) is 23.7. The van der Waals surface area contributed by atoms with Crippen LogP contribution in [0.15, 0.2) is 48.5 Å². The molecule has 6 heteroatoms. The standard InChI is InChI=1S/C19H18ClNO4/c20-16-11-13(8-9-14(16)19(23)24)21-18(22)15-7-4-10-25-17(15)12-5-2-1-3-6-12/h1-3,5-6,8-9,11,15,17H,4,7,10H2,(H,21,22)(H,23,24). The van der Waals surface area contributed by atoms with E-state index in [1.54, 1.807) is 0 Å². The molecule has 0 spiro atoms. The monoisotopic (exact) mass is 359 g/mol. The molecule has 25 heavy (non-hydrogen) atoms. The van der Waals surface area contributed by atoms with Crippen molar-refractivity contribution < 1.29 is 19.4 Å². The summed E-state index contributed by atoms with van der Waals surface area (Å²) in [5, 5.41) is 11.9. The number of carboxylic acid groups (broad SMARTS) is 1. The lowest BCUT2D eigenvalue weighted by Gasteiger charge is -2.31. The van der Waals surface area contributed by atoms with Gasteiger partial charge in [-0.25, -0.2) is 4.79 Å². The molecule has 1 saturated heterocycles. The van der Waals surface area contributed by atoms with Gasteiger partial charge < -0.3 is 15.2 Å². The molecule has 2 N–H and O–H groups in total. The number of aromatic carboxylic acids is 1. The Kier molecular flexibility index (Phi) is 5.36. The summed E-state index contributed by atoms with van der Waals surface area (Å²) in [5.41, 5.74) is 1.45. The van der Waals surface area contributed by atoms with Crippen LogP contribution in [0.5, 0.6) is 0 Å². The van der Waals surface area contributed by atoms with Crippen LogP contribution in [0.4, 0.5) is 5.69 Å². The van der Waals surface area contributed by atoms with E-state index in [9.17, 15) is 9.59 Å². The van der Waals surface area contributed by atoms with Gasteiger partial charge in [-0.15, -0.1) is 0 Å². The lowest BCUT2D eigenvalue weighted by molar-refractivity contribution is -0.129. The zero-order chi connectivity index (χ0) is 17.8. The van der Waals surface area contributed by atoms with Crippen molar-refractivity contribution >= 4 is 29.2 Å². The second kappa shape index (κ2) is 7.68. The van der Waals surface area contributed by atoms with E-state index in [0.29, 0.717) is 12.3 Å². The molecular formula is C19H18ClNO4. The highest BCUT2D eigenvalue weighted by molar-refractivity contribution is 6.33. The van der Waals surface area contributed by atoms with Gasteiger partial charge in [0.2, 0.25) is 5.91 Å². The SMILES string of the molecule is O=C(O)c1ccc(NC(=O)C2CCCOC2c2ccccc2)cc1Cl. The number of anilines is 1. The summed E-state index contributed by atoms with van der Waals surface area (Å²) in [6.07, 6.45) is 1.26. The second-order valence-electron chi connectivity index (χ2n) is 5.94. The third-order valence-electron chi connectivity index (χ3n) is 4.25. The Labute approximate surface area is 150 Å². The molecule has 5 nitrogen and oxygen atoms in total. The van der Waals surface area contributed by atoms with Crippen LogP contribution >= 0.6 is 11.6 Å². The molecule has 0 aromatic heterocycles. The largest absolute Gasteiger partial charge is 0.478 e. The van der Waals surface area contributed by atoms with Crippen molar-refractivity contribution in [2.24, 2.45) is 5.92 Å². The first-order valence-electron chi connectivity index (χ1n) is 8.06. The van der Waals surface area contributed by atoms with Gasteiger partial charge in [0.15, 0.2) is 0 Å². The van der Waals surface area contributed by atoms with E-state index in [0.717, 1.165) is 18.4 Å². The lowest BCUT2D eigenvalue weighted by atomic mass is 9.88. The number of carboxylic acids is 1. The summed E-state index contributed by atoms with van der Waals surface area (Å²) < 4.78 is 5.85. The lowest BCUT2D eigenvalue weighted by Crippen LogP contribution is -2.33. The Morgan fingerprint density at radius 2 is 1.92 bits per heavy atom. The van der Waals surface area contributed by atoms with Crippen molar-refractivity contribution in [3.8, 4) is 0 Å². The van der Waals surface area contributed by atoms with E-state index in [1.165, 1.54) is 18.2 Å². The Balaban J connectivity index is 1.77. The van der Waals surface area contributed by atoms with E-state index >= 15 is 0 Å². The fourth-order valence-corrected chi connectivity index (χ4v) is 3.28. The maximum atomic E-state index is 12.7. The number of amides is 1. The molecule has 1 amide bonds. The summed E-state index contributed by atoms with van der Waals surface area (Å²) in [6.45, 7) is 0.627. The minimum atomic E-state index is -1.10.